The normalized spacial score (nSPS) is 13.6. The Balaban J connectivity index is 2.49. The van der Waals surface area contributed by atoms with E-state index in [0.717, 1.165) is 29.2 Å². The van der Waals surface area contributed by atoms with Crippen LogP contribution in [0.4, 0.5) is 0 Å². The highest BCUT2D eigenvalue weighted by Gasteiger charge is 2.23. The Morgan fingerprint density at radius 1 is 1.33 bits per heavy atom. The number of para-hydroxylation sites is 1. The highest BCUT2D eigenvalue weighted by atomic mass is 35.5. The number of ether oxygens (including phenoxy) is 1. The smallest absolute Gasteiger partial charge is 0.147 e. The number of imidazole rings is 1. The van der Waals surface area contributed by atoms with Crippen molar-refractivity contribution in [3.8, 4) is 5.75 Å². The molecule has 1 unspecified atom stereocenters. The second kappa shape index (κ2) is 6.27. The van der Waals surface area contributed by atoms with Crippen molar-refractivity contribution in [1.29, 1.82) is 0 Å². The predicted octanol–water partition coefficient (Wildman–Crippen LogP) is 4.86. The zero-order valence-corrected chi connectivity index (χ0v) is 14.4. The van der Waals surface area contributed by atoms with Gasteiger partial charge in [-0.3, -0.25) is 0 Å². The van der Waals surface area contributed by atoms with Crippen molar-refractivity contribution in [2.24, 2.45) is 11.3 Å². The number of fused-ring (bicyclic) bond motifs is 1. The van der Waals surface area contributed by atoms with Crippen molar-refractivity contribution in [1.82, 2.24) is 9.55 Å². The van der Waals surface area contributed by atoms with E-state index in [1.165, 1.54) is 0 Å². The van der Waals surface area contributed by atoms with Crippen LogP contribution >= 0.6 is 11.6 Å². The van der Waals surface area contributed by atoms with Crippen LogP contribution in [0.25, 0.3) is 11.0 Å². The molecule has 1 heterocycles. The lowest BCUT2D eigenvalue weighted by Crippen LogP contribution is -2.23. The second-order valence-electron chi connectivity index (χ2n) is 6.60. The molecule has 2 rings (SSSR count). The highest BCUT2D eigenvalue weighted by molar-refractivity contribution is 6.16. The molecular weight excluding hydrogens is 284 g/mol. The highest BCUT2D eigenvalue weighted by Crippen LogP contribution is 2.31. The van der Waals surface area contributed by atoms with Gasteiger partial charge in [0.2, 0.25) is 0 Å². The van der Waals surface area contributed by atoms with Gasteiger partial charge in [-0.05, 0) is 30.4 Å². The summed E-state index contributed by atoms with van der Waals surface area (Å²) in [7, 11) is 0. The summed E-state index contributed by atoms with van der Waals surface area (Å²) in [6, 6.07) is 6.08. The zero-order valence-electron chi connectivity index (χ0n) is 13.6. The van der Waals surface area contributed by atoms with Crippen molar-refractivity contribution < 1.29 is 4.74 Å². The number of rotatable bonds is 5. The topological polar surface area (TPSA) is 27.1 Å². The van der Waals surface area contributed by atoms with E-state index >= 15 is 0 Å². The summed E-state index contributed by atoms with van der Waals surface area (Å²) in [6.07, 6.45) is 0. The van der Waals surface area contributed by atoms with Gasteiger partial charge in [0.1, 0.15) is 17.1 Å². The van der Waals surface area contributed by atoms with Gasteiger partial charge in [0.05, 0.1) is 18.0 Å². The molecule has 0 aliphatic rings. The molecule has 0 saturated heterocycles. The molecule has 0 bridgehead atoms. The monoisotopic (exact) mass is 308 g/mol. The minimum absolute atomic E-state index is 0.248. The molecule has 0 aliphatic heterocycles. The summed E-state index contributed by atoms with van der Waals surface area (Å²) < 4.78 is 7.92. The number of nitrogens with zero attached hydrogens (tertiary/aromatic N) is 2. The lowest BCUT2D eigenvalue weighted by atomic mass is 9.82. The number of benzene rings is 1. The van der Waals surface area contributed by atoms with Crippen LogP contribution in [0.1, 0.15) is 40.4 Å². The lowest BCUT2D eigenvalue weighted by Gasteiger charge is -2.28. The SMILES string of the molecule is CCOc1cccc2c1nc(CCl)n2CC(C)C(C)(C)C. The summed E-state index contributed by atoms with van der Waals surface area (Å²) in [5.74, 6) is 2.68. The van der Waals surface area contributed by atoms with Crippen LogP contribution in [0, 0.1) is 11.3 Å². The Morgan fingerprint density at radius 2 is 2.05 bits per heavy atom. The number of hydrogen-bond donors (Lipinski definition) is 0. The first-order valence-electron chi connectivity index (χ1n) is 7.55. The van der Waals surface area contributed by atoms with E-state index in [9.17, 15) is 0 Å². The molecule has 116 valence electrons. The van der Waals surface area contributed by atoms with Gasteiger partial charge in [-0.2, -0.15) is 0 Å². The van der Waals surface area contributed by atoms with Gasteiger partial charge in [-0.1, -0.05) is 33.8 Å². The summed E-state index contributed by atoms with van der Waals surface area (Å²) >= 11 is 6.11. The van der Waals surface area contributed by atoms with E-state index in [1.54, 1.807) is 0 Å². The van der Waals surface area contributed by atoms with Crippen molar-refractivity contribution in [3.05, 3.63) is 24.0 Å². The summed E-state index contributed by atoms with van der Waals surface area (Å²) in [4.78, 5) is 4.69. The molecule has 4 heteroatoms. The minimum atomic E-state index is 0.248. The summed E-state index contributed by atoms with van der Waals surface area (Å²) in [5, 5.41) is 0. The van der Waals surface area contributed by atoms with E-state index in [2.05, 4.69) is 38.3 Å². The molecule has 0 N–H and O–H groups in total. The molecule has 3 nitrogen and oxygen atoms in total. The number of hydrogen-bond acceptors (Lipinski definition) is 2. The zero-order chi connectivity index (χ0) is 15.6. The second-order valence-corrected chi connectivity index (χ2v) is 6.86. The van der Waals surface area contributed by atoms with Crippen molar-refractivity contribution in [2.45, 2.75) is 47.0 Å². The molecule has 0 aliphatic carbocycles. The third kappa shape index (κ3) is 3.34. The summed E-state index contributed by atoms with van der Waals surface area (Å²) in [5.41, 5.74) is 2.27. The molecule has 0 fully saturated rings. The van der Waals surface area contributed by atoms with Gasteiger partial charge in [-0.15, -0.1) is 11.6 Å². The molecule has 1 aromatic heterocycles. The van der Waals surface area contributed by atoms with Crippen molar-refractivity contribution >= 4 is 22.6 Å². The minimum Gasteiger partial charge on any atom is -0.492 e. The van der Waals surface area contributed by atoms with Gasteiger partial charge >= 0.3 is 0 Å². The maximum absolute atomic E-state index is 6.11. The standard InChI is InChI=1S/C17H25ClN2O/c1-6-21-14-9-7-8-13-16(14)19-15(10-18)20(13)11-12(2)17(3,4)5/h7-9,12H,6,10-11H2,1-5H3. The fourth-order valence-electron chi connectivity index (χ4n) is 2.29. The maximum atomic E-state index is 6.11. The number of alkyl halides is 1. The lowest BCUT2D eigenvalue weighted by molar-refractivity contribution is 0.233. The van der Waals surface area contributed by atoms with Crippen LogP contribution in [0.2, 0.25) is 0 Å². The molecular formula is C17H25ClN2O. The van der Waals surface area contributed by atoms with Crippen LogP contribution in [-0.2, 0) is 12.4 Å². The van der Waals surface area contributed by atoms with Crippen molar-refractivity contribution in [2.75, 3.05) is 6.61 Å². The fourth-order valence-corrected chi connectivity index (χ4v) is 2.50. The quantitative estimate of drug-likeness (QED) is 0.738. The van der Waals surface area contributed by atoms with Crippen LogP contribution in [0.3, 0.4) is 0 Å². The van der Waals surface area contributed by atoms with Crippen LogP contribution in [0.15, 0.2) is 18.2 Å². The molecule has 0 spiro atoms. The van der Waals surface area contributed by atoms with E-state index in [1.807, 2.05) is 19.1 Å². The van der Waals surface area contributed by atoms with Gasteiger partial charge < -0.3 is 9.30 Å². The van der Waals surface area contributed by atoms with E-state index in [-0.39, 0.29) is 5.41 Å². The number of halogens is 1. The molecule has 0 saturated carbocycles. The van der Waals surface area contributed by atoms with Crippen LogP contribution in [-0.4, -0.2) is 16.2 Å². The van der Waals surface area contributed by atoms with Crippen LogP contribution < -0.4 is 4.74 Å². The van der Waals surface area contributed by atoms with Gasteiger partial charge in [-0.25, -0.2) is 4.98 Å². The third-order valence-corrected chi connectivity index (χ3v) is 4.41. The average Bonchev–Trinajstić information content (AvgIpc) is 2.77. The summed E-state index contributed by atoms with van der Waals surface area (Å²) in [6.45, 7) is 12.6. The average molecular weight is 309 g/mol. The Kier molecular flexibility index (Phi) is 4.82. The third-order valence-electron chi connectivity index (χ3n) is 4.18. The first kappa shape index (κ1) is 16.2. The first-order valence-corrected chi connectivity index (χ1v) is 8.08. The van der Waals surface area contributed by atoms with E-state index in [0.29, 0.717) is 18.4 Å². The Bertz CT molecular complexity index is 613. The number of aromatic nitrogens is 2. The largest absolute Gasteiger partial charge is 0.492 e. The van der Waals surface area contributed by atoms with Crippen LogP contribution in [0.5, 0.6) is 5.75 Å². The molecule has 1 aromatic carbocycles. The Hall–Kier alpha value is -1.22. The molecule has 1 atom stereocenters. The van der Waals surface area contributed by atoms with Gasteiger partial charge in [0.25, 0.3) is 0 Å². The van der Waals surface area contributed by atoms with Gasteiger partial charge in [0.15, 0.2) is 0 Å². The fraction of sp³-hybridized carbons (Fsp3) is 0.588. The maximum Gasteiger partial charge on any atom is 0.147 e. The van der Waals surface area contributed by atoms with E-state index in [4.69, 9.17) is 21.3 Å². The Labute approximate surface area is 132 Å². The molecule has 2 aromatic rings. The first-order chi connectivity index (χ1) is 9.88. The predicted molar refractivity (Wildman–Crippen MR) is 89.1 cm³/mol. The molecule has 0 radical (unpaired) electrons. The Morgan fingerprint density at radius 3 is 2.62 bits per heavy atom. The van der Waals surface area contributed by atoms with Gasteiger partial charge in [0, 0.05) is 6.54 Å². The van der Waals surface area contributed by atoms with Crippen molar-refractivity contribution in [3.63, 3.8) is 0 Å². The van der Waals surface area contributed by atoms with E-state index < -0.39 is 0 Å². The molecule has 0 amide bonds. The molecule has 21 heavy (non-hydrogen) atoms.